The highest BCUT2D eigenvalue weighted by Gasteiger charge is 2.06. The van der Waals surface area contributed by atoms with Gasteiger partial charge in [-0.25, -0.2) is 0 Å². The minimum Gasteiger partial charge on any atom is -0.378 e. The third-order valence-electron chi connectivity index (χ3n) is 2.28. The molecule has 80 valence electrons. The first-order valence-electron chi connectivity index (χ1n) is 4.94. The molecule has 0 saturated carbocycles. The molecule has 0 fully saturated rings. The number of anilines is 1. The van der Waals surface area contributed by atoms with Crippen molar-refractivity contribution < 1.29 is 0 Å². The summed E-state index contributed by atoms with van der Waals surface area (Å²) in [6.07, 6.45) is 1.87. The fraction of sp³-hybridized carbons (Fsp3) is 0.167. The Labute approximate surface area is 98.4 Å². The van der Waals surface area contributed by atoms with E-state index >= 15 is 0 Å². The number of rotatable bonds is 3. The summed E-state index contributed by atoms with van der Waals surface area (Å²) in [5.41, 5.74) is 3.52. The van der Waals surface area contributed by atoms with Gasteiger partial charge in [0.2, 0.25) is 0 Å². The van der Waals surface area contributed by atoms with Crippen LogP contribution in [0.2, 0.25) is 0 Å². The first-order chi connectivity index (χ1) is 7.79. The van der Waals surface area contributed by atoms with Gasteiger partial charge in [-0.3, -0.25) is 4.98 Å². The third-order valence-corrected chi connectivity index (χ3v) is 3.23. The Balaban J connectivity index is 2.07. The number of hydrogen-bond acceptors (Lipinski definition) is 4. The molecule has 2 aromatic rings. The van der Waals surface area contributed by atoms with Crippen LogP contribution < -0.4 is 5.32 Å². The number of aromatic nitrogens is 1. The Morgan fingerprint density at radius 1 is 1.38 bits per heavy atom. The summed E-state index contributed by atoms with van der Waals surface area (Å²) in [4.78, 5) is 5.25. The summed E-state index contributed by atoms with van der Waals surface area (Å²) >= 11 is 1.63. The van der Waals surface area contributed by atoms with E-state index in [1.165, 1.54) is 4.88 Å². The largest absolute Gasteiger partial charge is 0.378 e. The molecule has 1 unspecified atom stereocenters. The van der Waals surface area contributed by atoms with Crippen molar-refractivity contribution in [2.45, 2.75) is 13.0 Å². The zero-order valence-corrected chi connectivity index (χ0v) is 9.66. The van der Waals surface area contributed by atoms with Gasteiger partial charge in [0.25, 0.3) is 0 Å². The second-order valence-electron chi connectivity index (χ2n) is 3.46. The number of benzene rings is 1. The second kappa shape index (κ2) is 4.77. The van der Waals surface area contributed by atoms with Crippen molar-refractivity contribution >= 4 is 17.0 Å². The maximum atomic E-state index is 8.68. The Hall–Kier alpha value is -1.86. The van der Waals surface area contributed by atoms with Gasteiger partial charge in [0, 0.05) is 16.8 Å². The van der Waals surface area contributed by atoms with Crippen LogP contribution in [-0.4, -0.2) is 4.98 Å². The first kappa shape index (κ1) is 10.7. The highest BCUT2D eigenvalue weighted by Crippen LogP contribution is 2.21. The van der Waals surface area contributed by atoms with Crippen LogP contribution in [0.15, 0.2) is 36.0 Å². The zero-order chi connectivity index (χ0) is 11.4. The van der Waals surface area contributed by atoms with Gasteiger partial charge in [0.1, 0.15) is 0 Å². The Morgan fingerprint density at radius 3 is 2.69 bits per heavy atom. The van der Waals surface area contributed by atoms with Gasteiger partial charge < -0.3 is 5.32 Å². The van der Waals surface area contributed by atoms with Crippen LogP contribution in [0.1, 0.15) is 23.4 Å². The Bertz CT molecular complexity index is 482. The average molecular weight is 229 g/mol. The normalized spacial score (nSPS) is 11.8. The molecular weight excluding hydrogens is 218 g/mol. The van der Waals surface area contributed by atoms with Gasteiger partial charge >= 0.3 is 0 Å². The molecule has 0 amide bonds. The highest BCUT2D eigenvalue weighted by molar-refractivity contribution is 7.09. The molecular formula is C12H11N3S. The van der Waals surface area contributed by atoms with Crippen molar-refractivity contribution in [3.8, 4) is 6.07 Å². The van der Waals surface area contributed by atoms with Crippen LogP contribution in [0.3, 0.4) is 0 Å². The van der Waals surface area contributed by atoms with E-state index in [4.69, 9.17) is 5.26 Å². The number of hydrogen-bond donors (Lipinski definition) is 1. The van der Waals surface area contributed by atoms with Gasteiger partial charge in [-0.1, -0.05) is 0 Å². The zero-order valence-electron chi connectivity index (χ0n) is 8.84. The quantitative estimate of drug-likeness (QED) is 0.879. The molecule has 0 radical (unpaired) electrons. The lowest BCUT2D eigenvalue weighted by atomic mass is 10.2. The third kappa shape index (κ3) is 2.38. The van der Waals surface area contributed by atoms with Crippen molar-refractivity contribution in [1.29, 1.82) is 5.26 Å². The monoisotopic (exact) mass is 229 g/mol. The minimum absolute atomic E-state index is 0.237. The van der Waals surface area contributed by atoms with Crippen LogP contribution in [0.5, 0.6) is 0 Å². The smallest absolute Gasteiger partial charge is 0.0991 e. The van der Waals surface area contributed by atoms with Crippen molar-refractivity contribution in [3.63, 3.8) is 0 Å². The SMILES string of the molecule is CC(Nc1ccc(C#N)cc1)c1cncs1. The molecule has 3 nitrogen and oxygen atoms in total. The van der Waals surface area contributed by atoms with E-state index in [1.54, 1.807) is 11.3 Å². The van der Waals surface area contributed by atoms with Gasteiger partial charge in [-0.05, 0) is 31.2 Å². The van der Waals surface area contributed by atoms with Crippen LogP contribution in [0, 0.1) is 11.3 Å². The van der Waals surface area contributed by atoms with E-state index in [0.717, 1.165) is 5.69 Å². The van der Waals surface area contributed by atoms with Crippen LogP contribution in [0.4, 0.5) is 5.69 Å². The summed E-state index contributed by atoms with van der Waals surface area (Å²) in [7, 11) is 0. The van der Waals surface area contributed by atoms with E-state index in [-0.39, 0.29) is 6.04 Å². The predicted molar refractivity (Wildman–Crippen MR) is 65.3 cm³/mol. The number of thiazole rings is 1. The molecule has 0 aliphatic carbocycles. The average Bonchev–Trinajstić information content (AvgIpc) is 2.83. The molecule has 2 rings (SSSR count). The summed E-state index contributed by atoms with van der Waals surface area (Å²) < 4.78 is 0. The lowest BCUT2D eigenvalue weighted by molar-refractivity contribution is 0.903. The molecule has 1 N–H and O–H groups in total. The highest BCUT2D eigenvalue weighted by atomic mass is 32.1. The summed E-state index contributed by atoms with van der Waals surface area (Å²) in [6, 6.07) is 9.78. The second-order valence-corrected chi connectivity index (χ2v) is 4.38. The molecule has 0 saturated heterocycles. The van der Waals surface area contributed by atoms with Gasteiger partial charge in [-0.15, -0.1) is 11.3 Å². The fourth-order valence-corrected chi connectivity index (χ4v) is 2.03. The lowest BCUT2D eigenvalue weighted by Gasteiger charge is -2.12. The molecule has 0 spiro atoms. The number of nitrogens with one attached hydrogen (secondary N) is 1. The molecule has 1 aromatic heterocycles. The molecule has 0 aliphatic rings. The molecule has 4 heteroatoms. The Morgan fingerprint density at radius 2 is 2.12 bits per heavy atom. The van der Waals surface area contributed by atoms with E-state index in [2.05, 4.69) is 23.3 Å². The first-order valence-corrected chi connectivity index (χ1v) is 5.82. The molecule has 16 heavy (non-hydrogen) atoms. The molecule has 0 aliphatic heterocycles. The van der Waals surface area contributed by atoms with Gasteiger partial charge in [0.15, 0.2) is 0 Å². The molecule has 1 atom stereocenters. The van der Waals surface area contributed by atoms with Crippen LogP contribution >= 0.6 is 11.3 Å². The molecule has 0 bridgehead atoms. The van der Waals surface area contributed by atoms with E-state index < -0.39 is 0 Å². The predicted octanol–water partition coefficient (Wildman–Crippen LogP) is 3.19. The van der Waals surface area contributed by atoms with E-state index in [1.807, 2.05) is 36.0 Å². The van der Waals surface area contributed by atoms with Crippen LogP contribution in [0.25, 0.3) is 0 Å². The van der Waals surface area contributed by atoms with E-state index in [0.29, 0.717) is 5.56 Å². The van der Waals surface area contributed by atoms with E-state index in [9.17, 15) is 0 Å². The topological polar surface area (TPSA) is 48.7 Å². The molecule has 1 aromatic carbocycles. The standard InChI is InChI=1S/C12H11N3S/c1-9(12-7-14-8-16-12)15-11-4-2-10(6-13)3-5-11/h2-5,7-9,15H,1H3. The summed E-state index contributed by atoms with van der Waals surface area (Å²) in [5, 5.41) is 12.0. The van der Waals surface area contributed by atoms with Crippen molar-refractivity contribution in [1.82, 2.24) is 4.98 Å². The Kier molecular flexibility index (Phi) is 3.18. The maximum absolute atomic E-state index is 8.68. The number of nitrogens with zero attached hydrogens (tertiary/aromatic N) is 2. The fourth-order valence-electron chi connectivity index (χ4n) is 1.40. The summed E-state index contributed by atoms with van der Waals surface area (Å²) in [5.74, 6) is 0. The van der Waals surface area contributed by atoms with Crippen LogP contribution in [-0.2, 0) is 0 Å². The molecule has 1 heterocycles. The number of nitriles is 1. The van der Waals surface area contributed by atoms with Crippen molar-refractivity contribution in [3.05, 3.63) is 46.4 Å². The lowest BCUT2D eigenvalue weighted by Crippen LogP contribution is -2.04. The summed E-state index contributed by atoms with van der Waals surface area (Å²) in [6.45, 7) is 2.09. The van der Waals surface area contributed by atoms with Crippen molar-refractivity contribution in [2.75, 3.05) is 5.32 Å². The minimum atomic E-state index is 0.237. The van der Waals surface area contributed by atoms with Gasteiger partial charge in [0.05, 0.1) is 23.2 Å². The maximum Gasteiger partial charge on any atom is 0.0991 e. The van der Waals surface area contributed by atoms with Crippen molar-refractivity contribution in [2.24, 2.45) is 0 Å². The van der Waals surface area contributed by atoms with Gasteiger partial charge in [-0.2, -0.15) is 5.26 Å².